The van der Waals surface area contributed by atoms with E-state index in [-0.39, 0.29) is 25.5 Å². The number of nitrogens with zero attached hydrogens (tertiary/aromatic N) is 3. The van der Waals surface area contributed by atoms with Crippen LogP contribution in [0.3, 0.4) is 0 Å². The number of hydrogen-bond acceptors (Lipinski definition) is 3. The summed E-state index contributed by atoms with van der Waals surface area (Å²) < 4.78 is 0. The summed E-state index contributed by atoms with van der Waals surface area (Å²) in [6.45, 7) is 8.74. The third kappa shape index (κ3) is 8.32. The second-order valence-electron chi connectivity index (χ2n) is 13.7. The summed E-state index contributed by atoms with van der Waals surface area (Å²) in [5.74, 6) is 0. The van der Waals surface area contributed by atoms with E-state index >= 15 is 0 Å². The van der Waals surface area contributed by atoms with Crippen LogP contribution in [0.1, 0.15) is 31.9 Å². The van der Waals surface area contributed by atoms with Gasteiger partial charge in [0.25, 0.3) is 0 Å². The third-order valence-electron chi connectivity index (χ3n) is 8.97. The van der Waals surface area contributed by atoms with E-state index in [9.17, 15) is 0 Å². The van der Waals surface area contributed by atoms with Crippen molar-refractivity contribution in [2.75, 3.05) is 0 Å². The van der Waals surface area contributed by atoms with Gasteiger partial charge in [0.15, 0.2) is 0 Å². The van der Waals surface area contributed by atoms with Crippen molar-refractivity contribution in [1.29, 1.82) is 0 Å². The first-order valence-electron chi connectivity index (χ1n) is 17.3. The van der Waals surface area contributed by atoms with Gasteiger partial charge < -0.3 is 9.97 Å². The Morgan fingerprint density at radius 3 is 1.94 bits per heavy atom. The van der Waals surface area contributed by atoms with E-state index in [0.717, 1.165) is 55.7 Å². The number of fused-ring (bicyclic) bond motifs is 1. The van der Waals surface area contributed by atoms with Gasteiger partial charge in [-0.05, 0) is 75.8 Å². The second kappa shape index (κ2) is 16.2. The number of rotatable bonds is 5. The Kier molecular flexibility index (Phi) is 11.3. The molecule has 0 N–H and O–H groups in total. The molecule has 0 spiro atoms. The van der Waals surface area contributed by atoms with Crippen LogP contribution in [0.2, 0.25) is 0 Å². The van der Waals surface area contributed by atoms with Gasteiger partial charge >= 0.3 is 0 Å². The number of pyridine rings is 3. The SMILES string of the molecule is CC(C)(C)c1ccnc(-c2[c-]ccc(-c3ccc(-c4cccc(-c5ccccc5)c4)c4ncccc34)c2)c1.Cc1ccnc(-c2[c-]cccc2)c1.[Ir]. The topological polar surface area (TPSA) is 38.7 Å². The molecule has 0 fully saturated rings. The molecule has 0 atom stereocenters. The molecular weight excluding hydrogens is 811 g/mol. The van der Waals surface area contributed by atoms with Crippen LogP contribution in [0.4, 0.5) is 0 Å². The van der Waals surface area contributed by atoms with Crippen molar-refractivity contribution < 1.29 is 20.1 Å². The Morgan fingerprint density at radius 1 is 0.481 bits per heavy atom. The largest absolute Gasteiger partial charge is 0.305 e. The molecule has 1 radical (unpaired) electrons. The maximum Gasteiger partial charge on any atom is 0.0785 e. The van der Waals surface area contributed by atoms with Crippen LogP contribution in [0.15, 0.2) is 164 Å². The summed E-state index contributed by atoms with van der Waals surface area (Å²) in [7, 11) is 0. The molecule has 0 unspecified atom stereocenters. The first kappa shape index (κ1) is 36.3. The molecule has 8 rings (SSSR count). The molecule has 8 aromatic rings. The normalized spacial score (nSPS) is 10.9. The van der Waals surface area contributed by atoms with Crippen LogP contribution in [0, 0.1) is 19.1 Å². The molecule has 0 amide bonds. The molecule has 3 aromatic heterocycles. The van der Waals surface area contributed by atoms with Gasteiger partial charge in [0.1, 0.15) is 0 Å². The van der Waals surface area contributed by atoms with Gasteiger partial charge in [0.2, 0.25) is 0 Å². The van der Waals surface area contributed by atoms with Gasteiger partial charge in [-0.3, -0.25) is 4.98 Å². The molecule has 4 heteroatoms. The third-order valence-corrected chi connectivity index (χ3v) is 8.97. The van der Waals surface area contributed by atoms with Gasteiger partial charge in [-0.1, -0.05) is 105 Å². The molecule has 52 heavy (non-hydrogen) atoms. The van der Waals surface area contributed by atoms with E-state index in [2.05, 4.69) is 147 Å². The summed E-state index contributed by atoms with van der Waals surface area (Å²) in [5.41, 5.74) is 14.5. The van der Waals surface area contributed by atoms with E-state index < -0.39 is 0 Å². The summed E-state index contributed by atoms with van der Waals surface area (Å²) in [5, 5.41) is 1.13. The van der Waals surface area contributed by atoms with Crippen LogP contribution in [0.25, 0.3) is 66.8 Å². The zero-order chi connectivity index (χ0) is 35.2. The van der Waals surface area contributed by atoms with E-state index in [1.807, 2.05) is 67.1 Å². The molecule has 0 aliphatic rings. The molecule has 0 aliphatic carbocycles. The van der Waals surface area contributed by atoms with Crippen molar-refractivity contribution in [1.82, 2.24) is 15.0 Å². The predicted octanol–water partition coefficient (Wildman–Crippen LogP) is 12.3. The van der Waals surface area contributed by atoms with Gasteiger partial charge in [0, 0.05) is 49.6 Å². The summed E-state index contributed by atoms with van der Waals surface area (Å²) in [4.78, 5) is 13.8. The molecule has 0 bridgehead atoms. The smallest absolute Gasteiger partial charge is 0.0785 e. The van der Waals surface area contributed by atoms with E-state index in [4.69, 9.17) is 4.98 Å². The maximum absolute atomic E-state index is 4.85. The van der Waals surface area contributed by atoms with E-state index in [1.165, 1.54) is 22.3 Å². The Labute approximate surface area is 320 Å². The number of aromatic nitrogens is 3. The minimum atomic E-state index is 0. The average Bonchev–Trinajstić information content (AvgIpc) is 3.18. The second-order valence-corrected chi connectivity index (χ2v) is 13.7. The van der Waals surface area contributed by atoms with E-state index in [0.29, 0.717) is 0 Å². The van der Waals surface area contributed by atoms with Crippen LogP contribution >= 0.6 is 0 Å². The Morgan fingerprint density at radius 2 is 1.17 bits per heavy atom. The fourth-order valence-corrected chi connectivity index (χ4v) is 6.22. The molecule has 0 saturated heterocycles. The molecular formula is C48H39IrN3-2. The summed E-state index contributed by atoms with van der Waals surface area (Å²) in [6, 6.07) is 56.8. The van der Waals surface area contributed by atoms with Crippen molar-refractivity contribution in [2.45, 2.75) is 33.1 Å². The first-order chi connectivity index (χ1) is 24.8. The molecule has 3 heterocycles. The van der Waals surface area contributed by atoms with Gasteiger partial charge in [0.05, 0.1) is 5.52 Å². The number of aryl methyl sites for hydroxylation is 1. The average molecular weight is 850 g/mol. The van der Waals surface area contributed by atoms with Crippen molar-refractivity contribution in [2.24, 2.45) is 0 Å². The Balaban J connectivity index is 0.000000279. The minimum Gasteiger partial charge on any atom is -0.305 e. The summed E-state index contributed by atoms with van der Waals surface area (Å²) >= 11 is 0. The monoisotopic (exact) mass is 850 g/mol. The standard InChI is InChI=1S/C36H29N2.C12H10N.Ir/c1-36(2,3)30-19-21-37-34(24-30)29-15-8-13-27(23-29)31-17-18-32(35-33(31)16-9-20-38-35)28-14-7-12-26(22-28)25-10-5-4-6-11-25;1-10-7-8-13-12(9-10)11-5-3-2-4-6-11;/h4-14,16-24H,1-3H3;2-5,7-9H,1H3;/q2*-1;. The van der Waals surface area contributed by atoms with Crippen LogP contribution in [-0.2, 0) is 25.5 Å². The molecule has 5 aromatic carbocycles. The maximum atomic E-state index is 4.85. The zero-order valence-corrected chi connectivity index (χ0v) is 32.2. The van der Waals surface area contributed by atoms with Crippen LogP contribution < -0.4 is 0 Å². The quantitative estimate of drug-likeness (QED) is 0.162. The van der Waals surface area contributed by atoms with Crippen molar-refractivity contribution in [3.63, 3.8) is 0 Å². The van der Waals surface area contributed by atoms with E-state index in [1.54, 1.807) is 0 Å². The Bertz CT molecular complexity index is 2410. The van der Waals surface area contributed by atoms with Crippen molar-refractivity contribution in [3.8, 4) is 55.9 Å². The fraction of sp³-hybridized carbons (Fsp3) is 0.104. The Hall–Kier alpha value is -5.54. The number of hydrogen-bond donors (Lipinski definition) is 0. The van der Waals surface area contributed by atoms with Crippen molar-refractivity contribution >= 4 is 10.9 Å². The van der Waals surface area contributed by atoms with Crippen molar-refractivity contribution in [3.05, 3.63) is 187 Å². The fourth-order valence-electron chi connectivity index (χ4n) is 6.22. The molecule has 257 valence electrons. The minimum absolute atomic E-state index is 0. The molecule has 0 aliphatic heterocycles. The number of benzene rings is 5. The van der Waals surface area contributed by atoms with Crippen LogP contribution in [-0.4, -0.2) is 15.0 Å². The van der Waals surface area contributed by atoms with Crippen LogP contribution in [0.5, 0.6) is 0 Å². The molecule has 0 saturated carbocycles. The molecule has 3 nitrogen and oxygen atoms in total. The van der Waals surface area contributed by atoms with Gasteiger partial charge in [-0.2, -0.15) is 0 Å². The summed E-state index contributed by atoms with van der Waals surface area (Å²) in [6.07, 6.45) is 5.60. The van der Waals surface area contributed by atoms with Gasteiger partial charge in [-0.25, -0.2) is 0 Å². The first-order valence-corrected chi connectivity index (χ1v) is 17.3. The predicted molar refractivity (Wildman–Crippen MR) is 212 cm³/mol. The zero-order valence-electron chi connectivity index (χ0n) is 29.8. The van der Waals surface area contributed by atoms with Gasteiger partial charge in [-0.15, -0.1) is 71.3 Å².